The summed E-state index contributed by atoms with van der Waals surface area (Å²) in [5.41, 5.74) is -0.802. The molecule has 0 bridgehead atoms. The van der Waals surface area contributed by atoms with Crippen LogP contribution in [0.25, 0.3) is 0 Å². The van der Waals surface area contributed by atoms with Crippen LogP contribution in [-0.4, -0.2) is 46.8 Å². The van der Waals surface area contributed by atoms with Crippen LogP contribution in [0.5, 0.6) is 0 Å². The van der Waals surface area contributed by atoms with Gasteiger partial charge in [0.25, 0.3) is 11.8 Å². The molecule has 0 saturated carbocycles. The fourth-order valence-corrected chi connectivity index (χ4v) is 3.33. The maximum absolute atomic E-state index is 14.0. The number of likely N-dealkylation sites (tertiary alicyclic amines) is 1. The monoisotopic (exact) mass is 297 g/mol. The van der Waals surface area contributed by atoms with Gasteiger partial charge in [-0.1, -0.05) is 0 Å². The molecule has 2 fully saturated rings. The molecule has 1 spiro atoms. The first-order valence-corrected chi connectivity index (χ1v) is 6.90. The van der Waals surface area contributed by atoms with E-state index < -0.39 is 30.2 Å². The second-order valence-corrected chi connectivity index (χ2v) is 5.98. The van der Waals surface area contributed by atoms with Crippen molar-refractivity contribution in [1.82, 2.24) is 14.8 Å². The molecular weight excluding hydrogens is 280 g/mol. The minimum atomic E-state index is -3.04. The lowest BCUT2D eigenvalue weighted by Gasteiger charge is -2.42. The number of hydrogen-bond donors (Lipinski definition) is 1. The molecule has 1 aromatic rings. The van der Waals surface area contributed by atoms with Gasteiger partial charge in [0.1, 0.15) is 5.69 Å². The van der Waals surface area contributed by atoms with E-state index in [-0.39, 0.29) is 12.5 Å². The van der Waals surface area contributed by atoms with Crippen molar-refractivity contribution in [1.29, 1.82) is 0 Å². The van der Waals surface area contributed by atoms with Gasteiger partial charge in [0, 0.05) is 32.8 Å². The Balaban J connectivity index is 1.90. The van der Waals surface area contributed by atoms with Crippen LogP contribution in [-0.2, 0) is 11.8 Å². The zero-order chi connectivity index (χ0) is 15.3. The van der Waals surface area contributed by atoms with E-state index in [4.69, 9.17) is 0 Å². The van der Waals surface area contributed by atoms with Crippen molar-refractivity contribution < 1.29 is 18.4 Å². The average Bonchev–Trinajstić information content (AvgIpc) is 2.95. The van der Waals surface area contributed by atoms with Crippen molar-refractivity contribution in [2.75, 3.05) is 19.6 Å². The maximum atomic E-state index is 14.0. The fourth-order valence-electron chi connectivity index (χ4n) is 3.33. The molecule has 114 valence electrons. The summed E-state index contributed by atoms with van der Waals surface area (Å²) in [5.74, 6) is -3.87. The average molecular weight is 297 g/mol. The molecule has 2 aliphatic rings. The second-order valence-electron chi connectivity index (χ2n) is 5.98. The highest BCUT2D eigenvalue weighted by atomic mass is 19.3. The summed E-state index contributed by atoms with van der Waals surface area (Å²) >= 11 is 0. The molecule has 1 atom stereocenters. The van der Waals surface area contributed by atoms with Crippen LogP contribution in [0.2, 0.25) is 0 Å². The van der Waals surface area contributed by atoms with Crippen LogP contribution in [0, 0.1) is 5.41 Å². The number of rotatable bonds is 1. The highest BCUT2D eigenvalue weighted by molar-refractivity contribution is 5.94. The smallest absolute Gasteiger partial charge is 0.270 e. The Kier molecular flexibility index (Phi) is 3.04. The van der Waals surface area contributed by atoms with Gasteiger partial charge in [0.2, 0.25) is 5.91 Å². The number of amides is 2. The summed E-state index contributed by atoms with van der Waals surface area (Å²) in [5, 5.41) is 2.61. The number of piperidine rings is 1. The second kappa shape index (κ2) is 4.54. The molecule has 5 nitrogen and oxygen atoms in total. The molecule has 0 unspecified atom stereocenters. The zero-order valence-corrected chi connectivity index (χ0v) is 11.7. The standard InChI is InChI=1S/C14H17F2N3O2/c1-18-6-2-3-10(18)11(20)19-8-13(4-5-17-12(13)21)7-14(15,16)9-19/h2-3,6H,4-5,7-9H2,1H3,(H,17,21)/t13-/m1/s1. The number of hydrogen-bond acceptors (Lipinski definition) is 2. The van der Waals surface area contributed by atoms with Crippen molar-refractivity contribution in [2.45, 2.75) is 18.8 Å². The third kappa shape index (κ3) is 2.30. The largest absolute Gasteiger partial charge is 0.356 e. The Bertz CT molecular complexity index is 599. The van der Waals surface area contributed by atoms with Gasteiger partial charge in [0.15, 0.2) is 0 Å². The van der Waals surface area contributed by atoms with Crippen LogP contribution < -0.4 is 5.32 Å². The van der Waals surface area contributed by atoms with E-state index in [1.807, 2.05) is 0 Å². The quantitative estimate of drug-likeness (QED) is 0.841. The summed E-state index contributed by atoms with van der Waals surface area (Å²) in [6, 6.07) is 3.28. The molecule has 1 aromatic heterocycles. The Morgan fingerprint density at radius 1 is 1.38 bits per heavy atom. The lowest BCUT2D eigenvalue weighted by molar-refractivity contribution is -0.144. The van der Waals surface area contributed by atoms with Crippen LogP contribution in [0.1, 0.15) is 23.3 Å². The minimum absolute atomic E-state index is 0.0540. The first-order chi connectivity index (χ1) is 9.83. The van der Waals surface area contributed by atoms with E-state index in [1.165, 1.54) is 0 Å². The van der Waals surface area contributed by atoms with E-state index in [9.17, 15) is 18.4 Å². The van der Waals surface area contributed by atoms with Gasteiger partial charge in [-0.15, -0.1) is 0 Å². The summed E-state index contributed by atoms with van der Waals surface area (Å²) < 4.78 is 29.7. The summed E-state index contributed by atoms with van der Waals surface area (Å²) in [6.45, 7) is -0.189. The Labute approximate surface area is 120 Å². The predicted octanol–water partition coefficient (Wildman–Crippen LogP) is 1.01. The van der Waals surface area contributed by atoms with Gasteiger partial charge in [-0.3, -0.25) is 9.59 Å². The number of carbonyl (C=O) groups excluding carboxylic acids is 2. The molecule has 2 aliphatic heterocycles. The molecule has 3 rings (SSSR count). The highest BCUT2D eigenvalue weighted by Crippen LogP contribution is 2.43. The van der Waals surface area contributed by atoms with Gasteiger partial charge in [-0.05, 0) is 18.6 Å². The van der Waals surface area contributed by atoms with Gasteiger partial charge in [0.05, 0.1) is 12.0 Å². The number of aromatic nitrogens is 1. The van der Waals surface area contributed by atoms with Crippen LogP contribution >= 0.6 is 0 Å². The summed E-state index contributed by atoms with van der Waals surface area (Å²) in [7, 11) is 1.69. The molecule has 0 aromatic carbocycles. The SMILES string of the molecule is Cn1cccc1C(=O)N1CC(F)(F)C[C@]2(CCNC2=O)C1. The van der Waals surface area contributed by atoms with Gasteiger partial charge in [-0.2, -0.15) is 0 Å². The van der Waals surface area contributed by atoms with Crippen molar-refractivity contribution >= 4 is 11.8 Å². The van der Waals surface area contributed by atoms with E-state index in [0.717, 1.165) is 4.90 Å². The molecule has 1 N–H and O–H groups in total. The lowest BCUT2D eigenvalue weighted by atomic mass is 9.77. The van der Waals surface area contributed by atoms with Gasteiger partial charge < -0.3 is 14.8 Å². The first kappa shape index (κ1) is 14.0. The van der Waals surface area contributed by atoms with E-state index in [2.05, 4.69) is 5.32 Å². The summed E-state index contributed by atoms with van der Waals surface area (Å²) in [4.78, 5) is 25.5. The lowest BCUT2D eigenvalue weighted by Crippen LogP contribution is -2.57. The van der Waals surface area contributed by atoms with Crippen LogP contribution in [0.3, 0.4) is 0 Å². The zero-order valence-electron chi connectivity index (χ0n) is 11.7. The van der Waals surface area contributed by atoms with E-state index in [1.54, 1.807) is 29.9 Å². The number of nitrogens with zero attached hydrogens (tertiary/aromatic N) is 2. The number of halogens is 2. The Hall–Kier alpha value is -1.92. The molecule has 0 radical (unpaired) electrons. The van der Waals surface area contributed by atoms with Crippen LogP contribution in [0.15, 0.2) is 18.3 Å². The van der Waals surface area contributed by atoms with Crippen molar-refractivity contribution in [2.24, 2.45) is 12.5 Å². The Morgan fingerprint density at radius 3 is 2.71 bits per heavy atom. The maximum Gasteiger partial charge on any atom is 0.270 e. The normalized spacial score (nSPS) is 28.0. The molecule has 7 heteroatoms. The molecule has 2 saturated heterocycles. The predicted molar refractivity (Wildman–Crippen MR) is 70.9 cm³/mol. The van der Waals surface area contributed by atoms with Crippen molar-refractivity contribution in [3.05, 3.63) is 24.0 Å². The molecule has 2 amide bonds. The van der Waals surface area contributed by atoms with Gasteiger partial charge >= 0.3 is 0 Å². The number of nitrogens with one attached hydrogen (secondary N) is 1. The topological polar surface area (TPSA) is 54.3 Å². The summed E-state index contributed by atoms with van der Waals surface area (Å²) in [6.07, 6.45) is 1.55. The third-order valence-electron chi connectivity index (χ3n) is 4.33. The number of alkyl halides is 2. The highest BCUT2D eigenvalue weighted by Gasteiger charge is 2.55. The van der Waals surface area contributed by atoms with E-state index in [0.29, 0.717) is 18.7 Å². The van der Waals surface area contributed by atoms with E-state index >= 15 is 0 Å². The van der Waals surface area contributed by atoms with Crippen molar-refractivity contribution in [3.63, 3.8) is 0 Å². The minimum Gasteiger partial charge on any atom is -0.356 e. The van der Waals surface area contributed by atoms with Gasteiger partial charge in [-0.25, -0.2) is 8.78 Å². The molecule has 21 heavy (non-hydrogen) atoms. The number of carbonyl (C=O) groups is 2. The molecule has 3 heterocycles. The molecule has 0 aliphatic carbocycles. The molecular formula is C14H17F2N3O2. The fraction of sp³-hybridized carbons (Fsp3) is 0.571. The first-order valence-electron chi connectivity index (χ1n) is 6.90. The third-order valence-corrected chi connectivity index (χ3v) is 4.33. The Morgan fingerprint density at radius 2 is 2.14 bits per heavy atom. The van der Waals surface area contributed by atoms with Crippen LogP contribution in [0.4, 0.5) is 8.78 Å². The number of aryl methyl sites for hydroxylation is 1. The van der Waals surface area contributed by atoms with Crippen molar-refractivity contribution in [3.8, 4) is 0 Å².